The van der Waals surface area contributed by atoms with Gasteiger partial charge < -0.3 is 14.2 Å². The molecule has 0 bridgehead atoms. The van der Waals surface area contributed by atoms with Crippen LogP contribution in [0.2, 0.25) is 0 Å². The van der Waals surface area contributed by atoms with Crippen LogP contribution in [0.15, 0.2) is 24.3 Å². The van der Waals surface area contributed by atoms with Crippen molar-refractivity contribution >= 4 is 17.9 Å². The van der Waals surface area contributed by atoms with E-state index in [-0.39, 0.29) is 24.5 Å². The van der Waals surface area contributed by atoms with E-state index >= 15 is 0 Å². The van der Waals surface area contributed by atoms with Gasteiger partial charge in [-0.3, -0.25) is 14.4 Å². The quantitative estimate of drug-likeness (QED) is 0.0262. The Labute approximate surface area is 385 Å². The lowest BCUT2D eigenvalue weighted by Crippen LogP contribution is -2.25. The lowest BCUT2D eigenvalue weighted by Gasteiger charge is -2.18. The van der Waals surface area contributed by atoms with E-state index < -0.39 is 6.10 Å². The molecule has 6 nitrogen and oxygen atoms in total. The second kappa shape index (κ2) is 51.5. The Kier molecular flexibility index (Phi) is 49.8. The Hall–Kier alpha value is -2.11. The molecule has 0 aromatic carbocycles. The third kappa shape index (κ3) is 48.9. The molecular formula is C56H104O6. The van der Waals surface area contributed by atoms with Crippen LogP contribution in [-0.2, 0) is 28.6 Å². The van der Waals surface area contributed by atoms with Crippen molar-refractivity contribution in [1.82, 2.24) is 0 Å². The van der Waals surface area contributed by atoms with Crippen molar-refractivity contribution in [3.63, 3.8) is 0 Å². The molecule has 1 atom stereocenters. The van der Waals surface area contributed by atoms with Crippen LogP contribution < -0.4 is 0 Å². The molecule has 0 saturated heterocycles. The van der Waals surface area contributed by atoms with Crippen molar-refractivity contribution in [2.45, 2.75) is 303 Å². The molecular weight excluding hydrogens is 769 g/mol. The third-order valence-electron chi connectivity index (χ3n) is 12.2. The molecule has 0 aliphatic rings. The van der Waals surface area contributed by atoms with Crippen molar-refractivity contribution in [2.24, 2.45) is 0 Å². The summed E-state index contributed by atoms with van der Waals surface area (Å²) in [6.07, 6.45) is 57.8. The second-order valence-electron chi connectivity index (χ2n) is 18.5. The largest absolute Gasteiger partial charge is 0.466 e. The third-order valence-corrected chi connectivity index (χ3v) is 12.2. The summed E-state index contributed by atoms with van der Waals surface area (Å²) in [7, 11) is 0. The Balaban J connectivity index is 4.34. The summed E-state index contributed by atoms with van der Waals surface area (Å²) in [5.41, 5.74) is 0. The van der Waals surface area contributed by atoms with Gasteiger partial charge in [-0.1, -0.05) is 212 Å². The van der Waals surface area contributed by atoms with Crippen LogP contribution in [0.5, 0.6) is 0 Å². The van der Waals surface area contributed by atoms with E-state index in [2.05, 4.69) is 45.1 Å². The summed E-state index contributed by atoms with van der Waals surface area (Å²) >= 11 is 0. The average Bonchev–Trinajstić information content (AvgIpc) is 3.27. The van der Waals surface area contributed by atoms with Crippen LogP contribution in [0.1, 0.15) is 297 Å². The van der Waals surface area contributed by atoms with Crippen LogP contribution in [0.25, 0.3) is 0 Å². The predicted molar refractivity (Wildman–Crippen MR) is 266 cm³/mol. The van der Waals surface area contributed by atoms with E-state index in [1.54, 1.807) is 0 Å². The van der Waals surface area contributed by atoms with Crippen LogP contribution in [0, 0.1) is 0 Å². The van der Waals surface area contributed by atoms with E-state index in [1.807, 2.05) is 0 Å². The van der Waals surface area contributed by atoms with Gasteiger partial charge in [-0.15, -0.1) is 0 Å². The van der Waals surface area contributed by atoms with Crippen molar-refractivity contribution < 1.29 is 28.6 Å². The highest BCUT2D eigenvalue weighted by Crippen LogP contribution is 2.16. The van der Waals surface area contributed by atoms with Gasteiger partial charge in [0, 0.05) is 19.3 Å². The lowest BCUT2D eigenvalue weighted by molar-refractivity contribution is -0.159. The first-order chi connectivity index (χ1) is 30.5. The molecule has 0 aliphatic carbocycles. The van der Waals surface area contributed by atoms with Gasteiger partial charge in [0.15, 0.2) is 0 Å². The van der Waals surface area contributed by atoms with Crippen molar-refractivity contribution in [1.29, 1.82) is 0 Å². The lowest BCUT2D eigenvalue weighted by atomic mass is 10.1. The first-order valence-electron chi connectivity index (χ1n) is 27.3. The molecule has 0 saturated carbocycles. The van der Waals surface area contributed by atoms with E-state index in [0.29, 0.717) is 38.7 Å². The first-order valence-corrected chi connectivity index (χ1v) is 27.3. The molecule has 0 amide bonds. The molecule has 62 heavy (non-hydrogen) atoms. The SMILES string of the molecule is CCCCCCCCC=CCCCCCCCC(=O)OCC(CCCCOC(=O)CCCCCCCCCCCCC)OC(=O)CCCCCCCC=CCCCCCCCC. The van der Waals surface area contributed by atoms with Crippen LogP contribution in [-0.4, -0.2) is 37.2 Å². The van der Waals surface area contributed by atoms with Crippen LogP contribution in [0.3, 0.4) is 0 Å². The van der Waals surface area contributed by atoms with E-state index in [1.165, 1.54) is 173 Å². The van der Waals surface area contributed by atoms with Crippen LogP contribution >= 0.6 is 0 Å². The number of hydrogen-bond donors (Lipinski definition) is 0. The zero-order valence-corrected chi connectivity index (χ0v) is 41.7. The Morgan fingerprint density at radius 2 is 0.645 bits per heavy atom. The highest BCUT2D eigenvalue weighted by Gasteiger charge is 2.17. The molecule has 6 heteroatoms. The Bertz CT molecular complexity index is 1000. The number of carbonyl (C=O) groups is 3. The number of carbonyl (C=O) groups excluding carboxylic acids is 3. The number of esters is 3. The highest BCUT2D eigenvalue weighted by atomic mass is 16.6. The molecule has 0 radical (unpaired) electrons. The topological polar surface area (TPSA) is 78.9 Å². The smallest absolute Gasteiger partial charge is 0.306 e. The molecule has 364 valence electrons. The number of allylic oxidation sites excluding steroid dienone is 4. The molecule has 0 heterocycles. The fourth-order valence-electron chi connectivity index (χ4n) is 8.03. The van der Waals surface area contributed by atoms with Gasteiger partial charge in [-0.25, -0.2) is 0 Å². The molecule has 0 aromatic rings. The Morgan fingerprint density at radius 3 is 1.02 bits per heavy atom. The maximum atomic E-state index is 12.8. The summed E-state index contributed by atoms with van der Waals surface area (Å²) < 4.78 is 17.0. The van der Waals surface area contributed by atoms with E-state index in [4.69, 9.17) is 14.2 Å². The van der Waals surface area contributed by atoms with Crippen LogP contribution in [0.4, 0.5) is 0 Å². The first kappa shape index (κ1) is 59.9. The fourth-order valence-corrected chi connectivity index (χ4v) is 8.03. The molecule has 0 N–H and O–H groups in total. The molecule has 1 unspecified atom stereocenters. The zero-order chi connectivity index (χ0) is 45.1. The van der Waals surface area contributed by atoms with Crippen molar-refractivity contribution in [3.8, 4) is 0 Å². The van der Waals surface area contributed by atoms with Crippen molar-refractivity contribution in [3.05, 3.63) is 24.3 Å². The zero-order valence-electron chi connectivity index (χ0n) is 41.7. The maximum absolute atomic E-state index is 12.8. The standard InChI is InChI=1S/C56H104O6/c1-4-7-10-13-16-19-22-24-26-28-31-34-37-40-43-49-55(58)61-52-53(47-45-46-51-60-54(57)48-42-39-36-33-30-21-18-15-12-9-6-3)62-56(59)50-44-41-38-35-32-29-27-25-23-20-17-14-11-8-5-2/h24-27,53H,4-23,28-52H2,1-3H3. The molecule has 0 fully saturated rings. The van der Waals surface area contributed by atoms with Gasteiger partial charge in [0.1, 0.15) is 12.7 Å². The number of unbranched alkanes of at least 4 members (excludes halogenated alkanes) is 33. The van der Waals surface area contributed by atoms with Gasteiger partial charge in [0.2, 0.25) is 0 Å². The molecule has 0 rings (SSSR count). The van der Waals surface area contributed by atoms with Gasteiger partial charge in [0.05, 0.1) is 6.61 Å². The normalized spacial score (nSPS) is 12.1. The minimum absolute atomic E-state index is 0.0979. The summed E-state index contributed by atoms with van der Waals surface area (Å²) in [5.74, 6) is -0.537. The maximum Gasteiger partial charge on any atom is 0.306 e. The summed E-state index contributed by atoms with van der Waals surface area (Å²) in [5, 5.41) is 0. The summed E-state index contributed by atoms with van der Waals surface area (Å²) in [6, 6.07) is 0. The Morgan fingerprint density at radius 1 is 0.339 bits per heavy atom. The number of rotatable bonds is 50. The molecule has 0 aromatic heterocycles. The highest BCUT2D eigenvalue weighted by molar-refractivity contribution is 5.70. The van der Waals surface area contributed by atoms with Gasteiger partial charge in [-0.2, -0.15) is 0 Å². The summed E-state index contributed by atoms with van der Waals surface area (Å²) in [4.78, 5) is 37.8. The number of hydrogen-bond acceptors (Lipinski definition) is 6. The average molecular weight is 873 g/mol. The summed E-state index contributed by atoms with van der Waals surface area (Å²) in [6.45, 7) is 7.27. The minimum atomic E-state index is -0.462. The molecule has 0 spiro atoms. The van der Waals surface area contributed by atoms with E-state index in [0.717, 1.165) is 70.6 Å². The number of ether oxygens (including phenoxy) is 3. The van der Waals surface area contributed by atoms with Gasteiger partial charge in [-0.05, 0) is 89.9 Å². The minimum Gasteiger partial charge on any atom is -0.466 e. The molecule has 0 aliphatic heterocycles. The monoisotopic (exact) mass is 873 g/mol. The predicted octanol–water partition coefficient (Wildman–Crippen LogP) is 17.9. The van der Waals surface area contributed by atoms with Crippen molar-refractivity contribution in [2.75, 3.05) is 13.2 Å². The van der Waals surface area contributed by atoms with E-state index in [9.17, 15) is 14.4 Å². The second-order valence-corrected chi connectivity index (χ2v) is 18.5. The fraction of sp³-hybridized carbons (Fsp3) is 0.875. The van der Waals surface area contributed by atoms with Gasteiger partial charge >= 0.3 is 17.9 Å². The van der Waals surface area contributed by atoms with Gasteiger partial charge in [0.25, 0.3) is 0 Å².